The van der Waals surface area contributed by atoms with E-state index in [0.717, 1.165) is 30.3 Å². The van der Waals surface area contributed by atoms with Gasteiger partial charge in [-0.25, -0.2) is 0 Å². The summed E-state index contributed by atoms with van der Waals surface area (Å²) in [6, 6.07) is 17.0. The molecule has 148 valence electrons. The number of hydrogen-bond donors (Lipinski definition) is 1. The summed E-state index contributed by atoms with van der Waals surface area (Å²) in [6.45, 7) is 1.52. The quantitative estimate of drug-likeness (QED) is 0.745. The zero-order valence-electron chi connectivity index (χ0n) is 16.6. The number of hydrogen-bond acceptors (Lipinski definition) is 4. The smallest absolute Gasteiger partial charge is 0.274 e. The molecule has 1 fully saturated rings. The first kappa shape index (κ1) is 19.1. The van der Waals surface area contributed by atoms with Gasteiger partial charge in [0.1, 0.15) is 5.69 Å². The summed E-state index contributed by atoms with van der Waals surface area (Å²) in [6.07, 6.45) is 2.63. The number of nitrogens with zero attached hydrogens (tertiary/aromatic N) is 3. The van der Waals surface area contributed by atoms with Crippen LogP contribution >= 0.6 is 0 Å². The average Bonchev–Trinajstić information content (AvgIpc) is 3.24. The fraction of sp³-hybridized carbons (Fsp3) is 0.261. The molecule has 2 heterocycles. The number of amides is 2. The zero-order chi connectivity index (χ0) is 20.4. The van der Waals surface area contributed by atoms with E-state index in [1.165, 1.54) is 0 Å². The van der Waals surface area contributed by atoms with Crippen molar-refractivity contribution in [3.05, 3.63) is 72.1 Å². The third-order valence-electron chi connectivity index (χ3n) is 5.46. The number of nitrogens with one attached hydrogen (secondary N) is 1. The number of anilines is 1. The fourth-order valence-corrected chi connectivity index (χ4v) is 3.72. The Kier molecular flexibility index (Phi) is 5.27. The number of aromatic nitrogens is 1. The van der Waals surface area contributed by atoms with E-state index < -0.39 is 0 Å². The molecule has 6 heteroatoms. The average molecular weight is 388 g/mol. The number of carbonyl (C=O) groups is 2. The lowest BCUT2D eigenvalue weighted by molar-refractivity contribution is 0.0783. The Bertz CT molecular complexity index is 1040. The molecular formula is C23H24N4O2. The molecule has 1 unspecified atom stereocenters. The molecule has 0 bridgehead atoms. The fourth-order valence-electron chi connectivity index (χ4n) is 3.72. The van der Waals surface area contributed by atoms with Crippen molar-refractivity contribution in [1.29, 1.82) is 0 Å². The molecule has 2 amide bonds. The van der Waals surface area contributed by atoms with Crippen molar-refractivity contribution in [1.82, 2.24) is 14.8 Å². The standard InChI is InChI=1S/C23H24N4O2/c1-26(2)19-12-14-27(15-19)23(29)17-7-9-18(10-8-17)25-22(28)21-20-6-4-3-5-16(20)11-13-24-21/h3-11,13,19H,12,14-15H2,1-2H3,(H,25,28). The minimum atomic E-state index is -0.269. The summed E-state index contributed by atoms with van der Waals surface area (Å²) in [5.74, 6) is -0.239. The van der Waals surface area contributed by atoms with E-state index in [-0.39, 0.29) is 11.8 Å². The summed E-state index contributed by atoms with van der Waals surface area (Å²) in [4.78, 5) is 33.7. The summed E-state index contributed by atoms with van der Waals surface area (Å²) in [7, 11) is 4.09. The number of carbonyl (C=O) groups excluding carboxylic acids is 2. The highest BCUT2D eigenvalue weighted by molar-refractivity contribution is 6.11. The molecule has 1 atom stereocenters. The second kappa shape index (κ2) is 8.01. The van der Waals surface area contributed by atoms with Gasteiger partial charge in [-0.2, -0.15) is 0 Å². The molecule has 0 spiro atoms. The van der Waals surface area contributed by atoms with E-state index in [0.29, 0.717) is 23.0 Å². The Morgan fingerprint density at radius 1 is 1.07 bits per heavy atom. The van der Waals surface area contributed by atoms with Crippen molar-refractivity contribution in [2.75, 3.05) is 32.5 Å². The normalized spacial score (nSPS) is 16.4. The Morgan fingerprint density at radius 2 is 1.83 bits per heavy atom. The lowest BCUT2D eigenvalue weighted by Gasteiger charge is -2.20. The van der Waals surface area contributed by atoms with Crippen molar-refractivity contribution in [2.45, 2.75) is 12.5 Å². The van der Waals surface area contributed by atoms with Crippen LogP contribution in [0.1, 0.15) is 27.3 Å². The highest BCUT2D eigenvalue weighted by Gasteiger charge is 2.28. The number of fused-ring (bicyclic) bond motifs is 1. The van der Waals surface area contributed by atoms with Crippen molar-refractivity contribution in [3.63, 3.8) is 0 Å². The molecule has 2 aromatic carbocycles. The maximum atomic E-state index is 12.7. The van der Waals surface area contributed by atoms with Crippen molar-refractivity contribution >= 4 is 28.3 Å². The molecule has 1 aliphatic heterocycles. The third-order valence-corrected chi connectivity index (χ3v) is 5.46. The first-order valence-corrected chi connectivity index (χ1v) is 9.74. The monoisotopic (exact) mass is 388 g/mol. The van der Waals surface area contributed by atoms with Crippen LogP contribution in [0.15, 0.2) is 60.8 Å². The Labute approximate surface area is 170 Å². The van der Waals surface area contributed by atoms with Crippen molar-refractivity contribution in [2.24, 2.45) is 0 Å². The van der Waals surface area contributed by atoms with E-state index in [9.17, 15) is 9.59 Å². The van der Waals surface area contributed by atoms with Crippen LogP contribution in [0, 0.1) is 0 Å². The summed E-state index contributed by atoms with van der Waals surface area (Å²) < 4.78 is 0. The van der Waals surface area contributed by atoms with Gasteiger partial charge in [-0.1, -0.05) is 24.3 Å². The molecule has 0 saturated carbocycles. The van der Waals surface area contributed by atoms with Gasteiger partial charge in [0.25, 0.3) is 11.8 Å². The first-order valence-electron chi connectivity index (χ1n) is 9.74. The Hall–Kier alpha value is -3.25. The van der Waals surface area contributed by atoms with Gasteiger partial charge in [0, 0.05) is 42.0 Å². The highest BCUT2D eigenvalue weighted by Crippen LogP contribution is 2.20. The lowest BCUT2D eigenvalue weighted by atomic mass is 10.1. The Morgan fingerprint density at radius 3 is 2.55 bits per heavy atom. The topological polar surface area (TPSA) is 65.5 Å². The molecule has 1 aliphatic rings. The lowest BCUT2D eigenvalue weighted by Crippen LogP contribution is -2.34. The van der Waals surface area contributed by atoms with Gasteiger partial charge in [-0.15, -0.1) is 0 Å². The second-order valence-corrected chi connectivity index (χ2v) is 7.57. The van der Waals surface area contributed by atoms with Gasteiger partial charge >= 0.3 is 0 Å². The van der Waals surface area contributed by atoms with Crippen LogP contribution in [-0.2, 0) is 0 Å². The molecule has 4 rings (SSSR count). The predicted molar refractivity (Wildman–Crippen MR) is 114 cm³/mol. The maximum Gasteiger partial charge on any atom is 0.274 e. The van der Waals surface area contributed by atoms with E-state index in [4.69, 9.17) is 0 Å². The van der Waals surface area contributed by atoms with Gasteiger partial charge < -0.3 is 15.1 Å². The molecule has 1 N–H and O–H groups in total. The molecule has 29 heavy (non-hydrogen) atoms. The number of rotatable bonds is 4. The van der Waals surface area contributed by atoms with Gasteiger partial charge in [-0.05, 0) is 56.2 Å². The van der Waals surface area contributed by atoms with E-state index in [1.807, 2.05) is 49.3 Å². The van der Waals surface area contributed by atoms with Crippen LogP contribution in [0.5, 0.6) is 0 Å². The Balaban J connectivity index is 1.46. The van der Waals surface area contributed by atoms with Crippen LogP contribution < -0.4 is 5.32 Å². The third kappa shape index (κ3) is 3.98. The van der Waals surface area contributed by atoms with Gasteiger partial charge in [0.05, 0.1) is 0 Å². The summed E-state index contributed by atoms with van der Waals surface area (Å²) >= 11 is 0. The van der Waals surface area contributed by atoms with Gasteiger partial charge in [-0.3, -0.25) is 14.6 Å². The van der Waals surface area contributed by atoms with E-state index in [1.54, 1.807) is 30.5 Å². The molecule has 1 saturated heterocycles. The molecular weight excluding hydrogens is 364 g/mol. The number of pyridine rings is 1. The van der Waals surface area contributed by atoms with Gasteiger partial charge in [0.2, 0.25) is 0 Å². The second-order valence-electron chi connectivity index (χ2n) is 7.57. The molecule has 1 aromatic heterocycles. The maximum absolute atomic E-state index is 12.7. The number of benzene rings is 2. The number of likely N-dealkylation sites (tertiary alicyclic amines) is 1. The van der Waals surface area contributed by atoms with Crippen molar-refractivity contribution < 1.29 is 9.59 Å². The van der Waals surface area contributed by atoms with Crippen LogP contribution in [0.4, 0.5) is 5.69 Å². The minimum absolute atomic E-state index is 0.0305. The van der Waals surface area contributed by atoms with E-state index in [2.05, 4.69) is 15.2 Å². The zero-order valence-corrected chi connectivity index (χ0v) is 16.6. The minimum Gasteiger partial charge on any atom is -0.337 e. The molecule has 0 aliphatic carbocycles. The molecule has 6 nitrogen and oxygen atoms in total. The van der Waals surface area contributed by atoms with Crippen LogP contribution in [0.3, 0.4) is 0 Å². The SMILES string of the molecule is CN(C)C1CCN(C(=O)c2ccc(NC(=O)c3nccc4ccccc34)cc2)C1. The van der Waals surface area contributed by atoms with Gasteiger partial charge in [0.15, 0.2) is 0 Å². The highest BCUT2D eigenvalue weighted by atomic mass is 16.2. The molecule has 0 radical (unpaired) electrons. The first-order chi connectivity index (χ1) is 14.0. The summed E-state index contributed by atoms with van der Waals surface area (Å²) in [5.41, 5.74) is 1.65. The van der Waals surface area contributed by atoms with Crippen LogP contribution in [-0.4, -0.2) is 59.8 Å². The number of likely N-dealkylation sites (N-methyl/N-ethyl adjacent to an activating group) is 1. The predicted octanol–water partition coefficient (Wildman–Crippen LogP) is 3.26. The molecule has 3 aromatic rings. The van der Waals surface area contributed by atoms with Crippen molar-refractivity contribution in [3.8, 4) is 0 Å². The van der Waals surface area contributed by atoms with Crippen LogP contribution in [0.25, 0.3) is 10.8 Å². The van der Waals surface area contributed by atoms with E-state index >= 15 is 0 Å². The largest absolute Gasteiger partial charge is 0.337 e. The summed E-state index contributed by atoms with van der Waals surface area (Å²) in [5, 5.41) is 4.65. The van der Waals surface area contributed by atoms with Crippen LogP contribution in [0.2, 0.25) is 0 Å².